The van der Waals surface area contributed by atoms with Gasteiger partial charge in [-0.25, -0.2) is 9.67 Å². The van der Waals surface area contributed by atoms with Crippen LogP contribution in [0.5, 0.6) is 11.5 Å². The minimum Gasteiger partial charge on any atom is -0.493 e. The number of rotatable bonds is 7. The lowest BCUT2D eigenvalue weighted by Gasteiger charge is -2.13. The van der Waals surface area contributed by atoms with Gasteiger partial charge in [-0.05, 0) is 71.8 Å². The van der Waals surface area contributed by atoms with Crippen LogP contribution in [0.2, 0.25) is 0 Å². The number of hydrogen-bond donors (Lipinski definition) is 0. The molecule has 0 spiro atoms. The summed E-state index contributed by atoms with van der Waals surface area (Å²) in [6, 6.07) is 21.6. The largest absolute Gasteiger partial charge is 0.493 e. The molecule has 4 rings (SSSR count). The molecule has 174 valence electrons. The van der Waals surface area contributed by atoms with Crippen LogP contribution in [-0.2, 0) is 13.7 Å². The van der Waals surface area contributed by atoms with Crippen LogP contribution in [0.25, 0.3) is 5.69 Å². The van der Waals surface area contributed by atoms with E-state index in [-0.39, 0.29) is 5.56 Å². The number of nitrogens with zero attached hydrogens (tertiary/aromatic N) is 3. The Labute approximate surface area is 212 Å². The van der Waals surface area contributed by atoms with Crippen LogP contribution >= 0.6 is 22.6 Å². The highest BCUT2D eigenvalue weighted by molar-refractivity contribution is 14.1. The van der Waals surface area contributed by atoms with Gasteiger partial charge in [-0.15, -0.1) is 0 Å². The van der Waals surface area contributed by atoms with Gasteiger partial charge in [0.25, 0.3) is 5.56 Å². The van der Waals surface area contributed by atoms with Gasteiger partial charge in [0.1, 0.15) is 6.61 Å². The molecule has 6 nitrogen and oxygen atoms in total. The second-order valence-electron chi connectivity index (χ2n) is 7.98. The topological polar surface area (TPSA) is 57.8 Å². The Morgan fingerprint density at radius 2 is 1.74 bits per heavy atom. The first-order chi connectivity index (χ1) is 16.4. The van der Waals surface area contributed by atoms with E-state index >= 15 is 0 Å². The van der Waals surface area contributed by atoms with E-state index in [4.69, 9.17) is 9.47 Å². The van der Waals surface area contributed by atoms with Gasteiger partial charge >= 0.3 is 0 Å². The van der Waals surface area contributed by atoms with E-state index in [1.165, 1.54) is 5.56 Å². The minimum atomic E-state index is -0.165. The summed E-state index contributed by atoms with van der Waals surface area (Å²) in [5, 5.41) is 0. The molecule has 1 heterocycles. The molecule has 0 unspecified atom stereocenters. The minimum absolute atomic E-state index is 0.165. The van der Waals surface area contributed by atoms with Gasteiger partial charge in [0, 0.05) is 13.3 Å². The van der Waals surface area contributed by atoms with E-state index in [2.05, 4.69) is 58.8 Å². The van der Waals surface area contributed by atoms with Crippen LogP contribution < -0.4 is 15.0 Å². The standard InChI is InChI=1S/C27H26IN3O3/c1-18-10-12-20(13-11-18)17-34-26-23(28)14-21(15-24(26)33-4)16-29-25-19(2)30(3)31(27(25)32)22-8-6-5-7-9-22/h5-16H,17H2,1-4H3. The van der Waals surface area contributed by atoms with Gasteiger partial charge in [-0.3, -0.25) is 9.48 Å². The Bertz CT molecular complexity index is 1390. The van der Waals surface area contributed by atoms with Crippen molar-refractivity contribution in [1.82, 2.24) is 9.36 Å². The highest BCUT2D eigenvalue weighted by Crippen LogP contribution is 2.34. The molecule has 7 heteroatoms. The number of aromatic nitrogens is 2. The molecule has 0 amide bonds. The molecule has 0 aliphatic carbocycles. The van der Waals surface area contributed by atoms with Crippen LogP contribution in [0, 0.1) is 17.4 Å². The molecule has 3 aromatic carbocycles. The highest BCUT2D eigenvalue weighted by atomic mass is 127. The molecule has 0 radical (unpaired) electrons. The molecular formula is C27H26IN3O3. The first-order valence-electron chi connectivity index (χ1n) is 10.8. The molecule has 0 saturated heterocycles. The third-order valence-electron chi connectivity index (χ3n) is 5.62. The summed E-state index contributed by atoms with van der Waals surface area (Å²) < 4.78 is 16.0. The van der Waals surface area contributed by atoms with E-state index in [9.17, 15) is 4.79 Å². The van der Waals surface area contributed by atoms with Gasteiger partial charge in [0.15, 0.2) is 17.2 Å². The number of hydrogen-bond acceptors (Lipinski definition) is 4. The quantitative estimate of drug-likeness (QED) is 0.212. The number of aryl methyl sites for hydroxylation is 1. The highest BCUT2D eigenvalue weighted by Gasteiger charge is 2.16. The van der Waals surface area contributed by atoms with Crippen molar-refractivity contribution < 1.29 is 9.47 Å². The van der Waals surface area contributed by atoms with Crippen LogP contribution in [0.1, 0.15) is 22.4 Å². The summed E-state index contributed by atoms with van der Waals surface area (Å²) >= 11 is 2.23. The van der Waals surface area contributed by atoms with Crippen molar-refractivity contribution in [3.8, 4) is 17.2 Å². The summed E-state index contributed by atoms with van der Waals surface area (Å²) in [6.45, 7) is 4.40. The maximum Gasteiger partial charge on any atom is 0.297 e. The van der Waals surface area contributed by atoms with E-state index in [1.54, 1.807) is 18.0 Å². The smallest absolute Gasteiger partial charge is 0.297 e. The van der Waals surface area contributed by atoms with Crippen LogP contribution in [0.15, 0.2) is 76.5 Å². The molecule has 0 N–H and O–H groups in total. The zero-order valence-corrected chi connectivity index (χ0v) is 21.7. The molecule has 34 heavy (non-hydrogen) atoms. The number of benzene rings is 3. The summed E-state index contributed by atoms with van der Waals surface area (Å²) in [7, 11) is 3.47. The monoisotopic (exact) mass is 567 g/mol. The third-order valence-corrected chi connectivity index (χ3v) is 6.42. The maximum absolute atomic E-state index is 13.1. The summed E-state index contributed by atoms with van der Waals surface area (Å²) in [5.41, 5.74) is 4.93. The Hall–Kier alpha value is -3.33. The second kappa shape index (κ2) is 10.3. The van der Waals surface area contributed by atoms with Crippen LogP contribution in [0.4, 0.5) is 5.69 Å². The SMILES string of the molecule is COc1cc(C=Nc2c(C)n(C)n(-c3ccccc3)c2=O)cc(I)c1OCc1ccc(C)cc1. The molecule has 0 saturated carbocycles. The lowest BCUT2D eigenvalue weighted by Crippen LogP contribution is -2.19. The molecule has 0 atom stereocenters. The number of methoxy groups -OCH3 is 1. The van der Waals surface area contributed by atoms with Crippen LogP contribution in [0.3, 0.4) is 0 Å². The van der Waals surface area contributed by atoms with Gasteiger partial charge in [0.2, 0.25) is 0 Å². The lowest BCUT2D eigenvalue weighted by molar-refractivity contribution is 0.282. The number of para-hydroxylation sites is 1. The molecule has 0 fully saturated rings. The van der Waals surface area contributed by atoms with E-state index in [0.717, 1.165) is 26.1 Å². The van der Waals surface area contributed by atoms with Crippen molar-refractivity contribution in [3.63, 3.8) is 0 Å². The van der Waals surface area contributed by atoms with Crippen molar-refractivity contribution in [3.05, 3.63) is 103 Å². The summed E-state index contributed by atoms with van der Waals surface area (Å²) in [5.74, 6) is 1.30. The summed E-state index contributed by atoms with van der Waals surface area (Å²) in [4.78, 5) is 17.7. The van der Waals surface area contributed by atoms with E-state index in [0.29, 0.717) is 23.8 Å². The van der Waals surface area contributed by atoms with Crippen molar-refractivity contribution in [1.29, 1.82) is 0 Å². The molecule has 0 aliphatic rings. The fourth-order valence-electron chi connectivity index (χ4n) is 3.64. The third kappa shape index (κ3) is 4.94. The van der Waals surface area contributed by atoms with Crippen molar-refractivity contribution in [2.24, 2.45) is 12.0 Å². The average molecular weight is 567 g/mol. The van der Waals surface area contributed by atoms with Gasteiger partial charge in [-0.1, -0.05) is 48.0 Å². The number of halogens is 1. The maximum atomic E-state index is 13.1. The molecule has 1 aromatic heterocycles. The Balaban J connectivity index is 1.61. The number of ether oxygens (including phenoxy) is 2. The predicted molar refractivity (Wildman–Crippen MR) is 144 cm³/mol. The van der Waals surface area contributed by atoms with Gasteiger partial charge in [-0.2, -0.15) is 0 Å². The van der Waals surface area contributed by atoms with Crippen molar-refractivity contribution in [2.75, 3.05) is 7.11 Å². The second-order valence-corrected chi connectivity index (χ2v) is 9.14. The van der Waals surface area contributed by atoms with Crippen molar-refractivity contribution in [2.45, 2.75) is 20.5 Å². The van der Waals surface area contributed by atoms with Crippen LogP contribution in [-0.4, -0.2) is 22.7 Å². The zero-order valence-electron chi connectivity index (χ0n) is 19.6. The average Bonchev–Trinajstić information content (AvgIpc) is 3.05. The molecule has 4 aromatic rings. The van der Waals surface area contributed by atoms with Gasteiger partial charge < -0.3 is 9.47 Å². The number of aliphatic imine (C=N–C) groups is 1. The first kappa shape index (κ1) is 23.8. The molecule has 0 bridgehead atoms. The van der Waals surface area contributed by atoms with E-state index in [1.807, 2.05) is 61.1 Å². The summed E-state index contributed by atoms with van der Waals surface area (Å²) in [6.07, 6.45) is 1.69. The van der Waals surface area contributed by atoms with Crippen molar-refractivity contribution >= 4 is 34.5 Å². The normalized spacial score (nSPS) is 11.2. The fraction of sp³-hybridized carbons (Fsp3) is 0.185. The Kier molecular flexibility index (Phi) is 7.21. The first-order valence-corrected chi connectivity index (χ1v) is 11.9. The molecular weight excluding hydrogens is 541 g/mol. The predicted octanol–water partition coefficient (Wildman–Crippen LogP) is 5.74. The fourth-order valence-corrected chi connectivity index (χ4v) is 4.42. The lowest BCUT2D eigenvalue weighted by atomic mass is 10.1. The zero-order chi connectivity index (χ0) is 24.2. The van der Waals surface area contributed by atoms with E-state index < -0.39 is 0 Å². The molecule has 0 aliphatic heterocycles. The Morgan fingerprint density at radius 3 is 2.41 bits per heavy atom. The Morgan fingerprint density at radius 1 is 1.03 bits per heavy atom. The van der Waals surface area contributed by atoms with Gasteiger partial charge in [0.05, 0.1) is 22.1 Å².